The minimum Gasteiger partial charge on any atom is -0.356 e. The summed E-state index contributed by atoms with van der Waals surface area (Å²) in [4.78, 5) is 8.43. The van der Waals surface area contributed by atoms with E-state index in [9.17, 15) is 0 Å². The van der Waals surface area contributed by atoms with E-state index in [0.717, 1.165) is 31.5 Å². The Kier molecular flexibility index (Phi) is 11.7. The van der Waals surface area contributed by atoms with Gasteiger partial charge in [-0.3, -0.25) is 9.89 Å². The van der Waals surface area contributed by atoms with Gasteiger partial charge in [0, 0.05) is 38.1 Å². The summed E-state index contributed by atoms with van der Waals surface area (Å²) in [5, 5.41) is 9.13. The Morgan fingerprint density at radius 1 is 1.40 bits per heavy atom. The van der Waals surface area contributed by atoms with E-state index in [1.165, 1.54) is 43.6 Å². The van der Waals surface area contributed by atoms with E-state index in [1.54, 1.807) is 0 Å². The maximum Gasteiger partial charge on any atom is 0.190 e. The number of rotatable bonds is 8. The molecule has 0 aromatic carbocycles. The summed E-state index contributed by atoms with van der Waals surface area (Å²) in [6, 6.07) is 4.40. The number of thiophene rings is 1. The Balaban J connectivity index is 0.00000312. The minimum absolute atomic E-state index is 0. The number of nitrogens with zero attached hydrogens (tertiary/aromatic N) is 2. The van der Waals surface area contributed by atoms with E-state index in [1.807, 2.05) is 18.4 Å². The van der Waals surface area contributed by atoms with E-state index in [2.05, 4.69) is 51.9 Å². The first kappa shape index (κ1) is 22.7. The Morgan fingerprint density at radius 2 is 2.24 bits per heavy atom. The zero-order valence-electron chi connectivity index (χ0n) is 16.0. The molecule has 1 aliphatic heterocycles. The molecule has 0 radical (unpaired) electrons. The molecule has 0 bridgehead atoms. The fourth-order valence-corrected chi connectivity index (χ4v) is 4.01. The molecule has 1 fully saturated rings. The third-order valence-corrected chi connectivity index (χ3v) is 5.46. The van der Waals surface area contributed by atoms with Gasteiger partial charge in [0.15, 0.2) is 5.96 Å². The number of hydrogen-bond acceptors (Lipinski definition) is 3. The molecule has 1 unspecified atom stereocenters. The lowest BCUT2D eigenvalue weighted by atomic mass is 9.98. The van der Waals surface area contributed by atoms with Crippen LogP contribution in [0.15, 0.2) is 22.5 Å². The number of nitrogens with one attached hydrogen (secondary N) is 2. The highest BCUT2D eigenvalue weighted by molar-refractivity contribution is 14.0. The first-order chi connectivity index (χ1) is 11.7. The van der Waals surface area contributed by atoms with Crippen molar-refractivity contribution in [1.29, 1.82) is 0 Å². The molecule has 2 rings (SSSR count). The van der Waals surface area contributed by atoms with Gasteiger partial charge in [0.2, 0.25) is 0 Å². The Morgan fingerprint density at radius 3 is 2.92 bits per heavy atom. The number of hydrogen-bond donors (Lipinski definition) is 2. The van der Waals surface area contributed by atoms with Crippen LogP contribution in [0.5, 0.6) is 0 Å². The molecule has 25 heavy (non-hydrogen) atoms. The fourth-order valence-electron chi connectivity index (χ4n) is 3.26. The van der Waals surface area contributed by atoms with Crippen molar-refractivity contribution < 1.29 is 0 Å². The predicted molar refractivity (Wildman–Crippen MR) is 121 cm³/mol. The van der Waals surface area contributed by atoms with Crippen molar-refractivity contribution in [3.8, 4) is 0 Å². The molecule has 2 heterocycles. The highest BCUT2D eigenvalue weighted by Crippen LogP contribution is 2.19. The van der Waals surface area contributed by atoms with E-state index < -0.39 is 0 Å². The Labute approximate surface area is 174 Å². The van der Waals surface area contributed by atoms with Crippen LogP contribution in [0.4, 0.5) is 0 Å². The molecule has 1 saturated heterocycles. The first-order valence-corrected chi connectivity index (χ1v) is 10.2. The molecule has 0 aliphatic carbocycles. The topological polar surface area (TPSA) is 39.7 Å². The van der Waals surface area contributed by atoms with Crippen molar-refractivity contribution >= 4 is 41.3 Å². The second-order valence-electron chi connectivity index (χ2n) is 7.24. The highest BCUT2D eigenvalue weighted by atomic mass is 127. The van der Waals surface area contributed by atoms with Gasteiger partial charge in [-0.25, -0.2) is 0 Å². The SMILES string of the molecule is CN=C(NCCCC(C)C)NCC1CCCN(Cc2cccs2)C1.I. The molecule has 4 nitrogen and oxygen atoms in total. The number of piperidine rings is 1. The number of halogens is 1. The third-order valence-electron chi connectivity index (χ3n) is 4.60. The van der Waals surface area contributed by atoms with Gasteiger partial charge >= 0.3 is 0 Å². The van der Waals surface area contributed by atoms with Gasteiger partial charge in [0.1, 0.15) is 0 Å². The lowest BCUT2D eigenvalue weighted by molar-refractivity contribution is 0.169. The molecule has 1 aliphatic rings. The smallest absolute Gasteiger partial charge is 0.190 e. The monoisotopic (exact) mass is 478 g/mol. The van der Waals surface area contributed by atoms with Crippen molar-refractivity contribution in [1.82, 2.24) is 15.5 Å². The summed E-state index contributed by atoms with van der Waals surface area (Å²) in [7, 11) is 1.86. The van der Waals surface area contributed by atoms with Crippen LogP contribution >= 0.6 is 35.3 Å². The predicted octanol–water partition coefficient (Wildman–Crippen LogP) is 4.18. The molecule has 0 spiro atoms. The summed E-state index contributed by atoms with van der Waals surface area (Å²) in [5.41, 5.74) is 0. The molecule has 1 atom stereocenters. The third kappa shape index (κ3) is 9.24. The number of likely N-dealkylation sites (tertiary alicyclic amines) is 1. The molecule has 6 heteroatoms. The number of guanidine groups is 1. The zero-order chi connectivity index (χ0) is 17.2. The van der Waals surface area contributed by atoms with Crippen LogP contribution in [0.25, 0.3) is 0 Å². The van der Waals surface area contributed by atoms with Gasteiger partial charge in [0.05, 0.1) is 0 Å². The maximum absolute atomic E-state index is 4.35. The van der Waals surface area contributed by atoms with Gasteiger partial charge in [-0.15, -0.1) is 35.3 Å². The zero-order valence-corrected chi connectivity index (χ0v) is 19.1. The van der Waals surface area contributed by atoms with Crippen LogP contribution in [0.3, 0.4) is 0 Å². The molecule has 0 saturated carbocycles. The number of aliphatic imine (C=N–C) groups is 1. The van der Waals surface area contributed by atoms with Crippen LogP contribution in [-0.4, -0.2) is 44.1 Å². The minimum atomic E-state index is 0. The van der Waals surface area contributed by atoms with E-state index in [0.29, 0.717) is 5.92 Å². The molecule has 1 aromatic heterocycles. The van der Waals surface area contributed by atoms with Gasteiger partial charge in [-0.1, -0.05) is 19.9 Å². The van der Waals surface area contributed by atoms with Crippen molar-refractivity contribution in [2.75, 3.05) is 33.2 Å². The van der Waals surface area contributed by atoms with Gasteiger partial charge < -0.3 is 10.6 Å². The quantitative estimate of drug-likeness (QED) is 0.255. The van der Waals surface area contributed by atoms with Gasteiger partial charge in [-0.05, 0) is 55.5 Å². The van der Waals surface area contributed by atoms with Gasteiger partial charge in [-0.2, -0.15) is 0 Å². The lowest BCUT2D eigenvalue weighted by Gasteiger charge is -2.32. The van der Waals surface area contributed by atoms with Crippen molar-refractivity contribution in [2.24, 2.45) is 16.8 Å². The van der Waals surface area contributed by atoms with Crippen LogP contribution in [0.2, 0.25) is 0 Å². The Bertz CT molecular complexity index is 476. The lowest BCUT2D eigenvalue weighted by Crippen LogP contribution is -2.44. The van der Waals surface area contributed by atoms with Crippen molar-refractivity contribution in [3.63, 3.8) is 0 Å². The van der Waals surface area contributed by atoms with Gasteiger partial charge in [0.25, 0.3) is 0 Å². The van der Waals surface area contributed by atoms with Crippen molar-refractivity contribution in [2.45, 2.75) is 46.1 Å². The second-order valence-corrected chi connectivity index (χ2v) is 8.27. The first-order valence-electron chi connectivity index (χ1n) is 9.36. The summed E-state index contributed by atoms with van der Waals surface area (Å²) in [5.74, 6) is 2.44. The molecule has 1 aromatic rings. The van der Waals surface area contributed by atoms with E-state index in [-0.39, 0.29) is 24.0 Å². The normalized spacial score (nSPS) is 18.9. The van der Waals surface area contributed by atoms with Crippen molar-refractivity contribution in [3.05, 3.63) is 22.4 Å². The van der Waals surface area contributed by atoms with E-state index >= 15 is 0 Å². The molecular weight excluding hydrogens is 443 g/mol. The van der Waals surface area contributed by atoms with Crippen LogP contribution in [0, 0.1) is 11.8 Å². The molecule has 0 amide bonds. The standard InChI is InChI=1S/C19H34N4S.HI/c1-16(2)7-4-10-21-19(20-3)22-13-17-8-5-11-23(14-17)15-18-9-6-12-24-18;/h6,9,12,16-17H,4-5,7-8,10-11,13-15H2,1-3H3,(H2,20,21,22);1H. The maximum atomic E-state index is 4.35. The average molecular weight is 478 g/mol. The average Bonchev–Trinajstić information content (AvgIpc) is 3.07. The summed E-state index contributed by atoms with van der Waals surface area (Å²) in [6.45, 7) is 10.1. The van der Waals surface area contributed by atoms with Crippen LogP contribution < -0.4 is 10.6 Å². The molecule has 2 N–H and O–H groups in total. The fraction of sp³-hybridized carbons (Fsp3) is 0.737. The van der Waals surface area contributed by atoms with E-state index in [4.69, 9.17) is 0 Å². The molecule has 144 valence electrons. The highest BCUT2D eigenvalue weighted by Gasteiger charge is 2.20. The molecular formula is C19H35IN4S. The summed E-state index contributed by atoms with van der Waals surface area (Å²) in [6.07, 6.45) is 5.09. The summed E-state index contributed by atoms with van der Waals surface area (Å²) < 4.78 is 0. The van der Waals surface area contributed by atoms with Crippen LogP contribution in [-0.2, 0) is 6.54 Å². The largest absolute Gasteiger partial charge is 0.356 e. The Hall–Kier alpha value is -0.340. The second kappa shape index (κ2) is 12.9. The summed E-state index contributed by atoms with van der Waals surface area (Å²) >= 11 is 1.87. The van der Waals surface area contributed by atoms with Crippen LogP contribution in [0.1, 0.15) is 44.4 Å².